The van der Waals surface area contributed by atoms with Gasteiger partial charge in [-0.15, -0.1) is 11.3 Å². The van der Waals surface area contributed by atoms with E-state index in [4.69, 9.17) is 19.5 Å². The predicted molar refractivity (Wildman–Crippen MR) is 120 cm³/mol. The fourth-order valence-electron chi connectivity index (χ4n) is 2.99. The van der Waals surface area contributed by atoms with E-state index in [0.717, 1.165) is 6.26 Å². The lowest BCUT2D eigenvalue weighted by molar-refractivity contribution is 0.0387. The zero-order valence-corrected chi connectivity index (χ0v) is 20.7. The Balaban J connectivity index is 2.59. The molecule has 1 amide bonds. The molecular weight excluding hydrogens is 487 g/mol. The maximum Gasteiger partial charge on any atom is 0.405 e. The molecule has 0 saturated heterocycles. The second-order valence-electron chi connectivity index (χ2n) is 6.98. The van der Waals surface area contributed by atoms with E-state index in [-0.39, 0.29) is 59.0 Å². The number of thiophene rings is 1. The molecular formula is C19H26F2NO7PS2. The minimum Gasteiger partial charge on any atom is -0.492 e. The number of rotatable bonds is 12. The van der Waals surface area contributed by atoms with Gasteiger partial charge in [0.2, 0.25) is 5.91 Å². The topological polar surface area (TPSA) is 122 Å². The van der Waals surface area contributed by atoms with Gasteiger partial charge in [0, 0.05) is 17.2 Å². The molecule has 0 radical (unpaired) electrons. The molecule has 0 aliphatic carbocycles. The standard InChI is InChI=1S/C19H26F2NO7PS2/c1-5-28-30(24,29-6-2)19(20,21)17-12(3)14-10-13(18(22)23)11-15(16(14)31-17)27-8-7-9-32(4,25)26/h10-11H,5-9H2,1-4H3,(H2,22,23). The monoisotopic (exact) mass is 513 g/mol. The highest BCUT2D eigenvalue weighted by Gasteiger charge is 2.56. The van der Waals surface area contributed by atoms with Crippen LogP contribution in [-0.2, 0) is 29.1 Å². The average Bonchev–Trinajstić information content (AvgIpc) is 3.02. The van der Waals surface area contributed by atoms with Crippen LogP contribution in [0.2, 0.25) is 0 Å². The van der Waals surface area contributed by atoms with E-state index in [2.05, 4.69) is 0 Å². The lowest BCUT2D eigenvalue weighted by Crippen LogP contribution is -2.18. The van der Waals surface area contributed by atoms with E-state index >= 15 is 8.78 Å². The normalized spacial score (nSPS) is 12.9. The zero-order chi connectivity index (χ0) is 24.3. The van der Waals surface area contributed by atoms with Crippen molar-refractivity contribution in [3.05, 3.63) is 28.1 Å². The number of halogens is 2. The van der Waals surface area contributed by atoms with Gasteiger partial charge >= 0.3 is 13.3 Å². The maximum absolute atomic E-state index is 15.4. The Morgan fingerprint density at radius 3 is 2.31 bits per heavy atom. The molecule has 8 nitrogen and oxygen atoms in total. The molecule has 2 rings (SSSR count). The molecule has 2 N–H and O–H groups in total. The van der Waals surface area contributed by atoms with Crippen molar-refractivity contribution >= 4 is 44.8 Å². The van der Waals surface area contributed by atoms with E-state index in [1.54, 1.807) is 0 Å². The lowest BCUT2D eigenvalue weighted by atomic mass is 10.1. The Morgan fingerprint density at radius 1 is 1.22 bits per heavy atom. The second kappa shape index (κ2) is 10.1. The molecule has 0 aliphatic rings. The number of alkyl halides is 2. The van der Waals surface area contributed by atoms with Crippen molar-refractivity contribution in [2.24, 2.45) is 5.73 Å². The van der Waals surface area contributed by atoms with Crippen molar-refractivity contribution in [2.45, 2.75) is 32.9 Å². The molecule has 0 unspecified atom stereocenters. The minimum absolute atomic E-state index is 0.0244. The van der Waals surface area contributed by atoms with Crippen LogP contribution in [0.3, 0.4) is 0 Å². The summed E-state index contributed by atoms with van der Waals surface area (Å²) in [6.45, 7) is 3.77. The number of carbonyl (C=O) groups is 1. The number of sulfone groups is 1. The van der Waals surface area contributed by atoms with Crippen molar-refractivity contribution in [2.75, 3.05) is 31.8 Å². The summed E-state index contributed by atoms with van der Waals surface area (Å²) in [6.07, 6.45) is 1.25. The van der Waals surface area contributed by atoms with Crippen molar-refractivity contribution in [1.82, 2.24) is 0 Å². The molecule has 0 bridgehead atoms. The highest BCUT2D eigenvalue weighted by Crippen LogP contribution is 2.68. The number of primary amides is 1. The third-order valence-corrected chi connectivity index (χ3v) is 9.10. The molecule has 1 aromatic carbocycles. The van der Waals surface area contributed by atoms with Gasteiger partial charge in [0.1, 0.15) is 15.6 Å². The molecule has 0 atom stereocenters. The van der Waals surface area contributed by atoms with Gasteiger partial charge in [0.05, 0.1) is 35.2 Å². The first-order valence-corrected chi connectivity index (χ1v) is 14.1. The van der Waals surface area contributed by atoms with Gasteiger partial charge in [-0.2, -0.15) is 8.78 Å². The summed E-state index contributed by atoms with van der Waals surface area (Å²) in [6, 6.07) is 2.67. The van der Waals surface area contributed by atoms with Crippen LogP contribution in [0.5, 0.6) is 5.75 Å². The Hall–Kier alpha value is -1.59. The maximum atomic E-state index is 15.4. The average molecular weight is 514 g/mol. The van der Waals surface area contributed by atoms with Crippen LogP contribution >= 0.6 is 18.9 Å². The number of amides is 1. The van der Waals surface area contributed by atoms with Gasteiger partial charge in [-0.3, -0.25) is 9.36 Å². The molecule has 2 aromatic rings. The molecule has 0 saturated carbocycles. The smallest absolute Gasteiger partial charge is 0.405 e. The number of nitrogens with two attached hydrogens (primary N) is 1. The van der Waals surface area contributed by atoms with Crippen LogP contribution in [0.4, 0.5) is 8.78 Å². The number of fused-ring (bicyclic) bond motifs is 1. The van der Waals surface area contributed by atoms with Gasteiger partial charge in [-0.25, -0.2) is 8.42 Å². The molecule has 180 valence electrons. The number of hydrogen-bond acceptors (Lipinski definition) is 8. The summed E-state index contributed by atoms with van der Waals surface area (Å²) < 4.78 is 82.0. The summed E-state index contributed by atoms with van der Waals surface area (Å²) in [5.74, 6) is -0.812. The summed E-state index contributed by atoms with van der Waals surface area (Å²) in [7, 11) is -8.04. The zero-order valence-electron chi connectivity index (χ0n) is 18.1. The van der Waals surface area contributed by atoms with Gasteiger partial charge in [0.25, 0.3) is 0 Å². The highest BCUT2D eigenvalue weighted by molar-refractivity contribution is 7.90. The lowest BCUT2D eigenvalue weighted by Gasteiger charge is -2.25. The Kier molecular flexibility index (Phi) is 8.44. The van der Waals surface area contributed by atoms with Crippen molar-refractivity contribution in [3.63, 3.8) is 0 Å². The highest BCUT2D eigenvalue weighted by atomic mass is 32.2. The molecule has 0 spiro atoms. The predicted octanol–water partition coefficient (Wildman–Crippen LogP) is 4.44. The van der Waals surface area contributed by atoms with Gasteiger partial charge in [-0.05, 0) is 44.9 Å². The number of ether oxygens (including phenoxy) is 1. The number of hydrogen-bond donors (Lipinski definition) is 1. The first-order valence-electron chi connectivity index (χ1n) is 9.72. The molecule has 1 aromatic heterocycles. The quantitative estimate of drug-likeness (QED) is 0.329. The fraction of sp³-hybridized carbons (Fsp3) is 0.526. The van der Waals surface area contributed by atoms with Crippen LogP contribution in [0.1, 0.15) is 41.1 Å². The molecule has 1 heterocycles. The number of benzene rings is 1. The first kappa shape index (κ1) is 26.7. The summed E-state index contributed by atoms with van der Waals surface area (Å²) >= 11 is 0.642. The van der Waals surface area contributed by atoms with Gasteiger partial charge in [0.15, 0.2) is 0 Å². The van der Waals surface area contributed by atoms with E-state index in [0.29, 0.717) is 11.3 Å². The number of aryl methyl sites for hydroxylation is 1. The first-order chi connectivity index (χ1) is 14.8. The fourth-order valence-corrected chi connectivity index (χ4v) is 6.73. The SMILES string of the molecule is CCOP(=O)(OCC)C(F)(F)c1sc2c(OCCCS(C)(=O)=O)cc(C(N)=O)cc2c1C. The van der Waals surface area contributed by atoms with Crippen LogP contribution in [0.15, 0.2) is 12.1 Å². The third kappa shape index (κ3) is 5.66. The molecule has 13 heteroatoms. The minimum atomic E-state index is -4.84. The second-order valence-corrected chi connectivity index (χ2v) is 12.3. The largest absolute Gasteiger partial charge is 0.492 e. The Labute approximate surface area is 189 Å². The Morgan fingerprint density at radius 2 is 1.81 bits per heavy atom. The summed E-state index contributed by atoms with van der Waals surface area (Å²) in [5.41, 5.74) is 1.54. The van der Waals surface area contributed by atoms with Crippen molar-refractivity contribution in [3.8, 4) is 5.75 Å². The van der Waals surface area contributed by atoms with Crippen LogP contribution in [0, 0.1) is 6.92 Å². The number of carbonyl (C=O) groups excluding carboxylic acids is 1. The molecule has 32 heavy (non-hydrogen) atoms. The van der Waals surface area contributed by atoms with E-state index in [1.807, 2.05) is 0 Å². The van der Waals surface area contributed by atoms with Crippen LogP contribution < -0.4 is 10.5 Å². The summed E-state index contributed by atoms with van der Waals surface area (Å²) in [4.78, 5) is 11.2. The molecule has 0 aliphatic heterocycles. The Bertz CT molecular complexity index is 1140. The van der Waals surface area contributed by atoms with Crippen molar-refractivity contribution in [1.29, 1.82) is 0 Å². The van der Waals surface area contributed by atoms with E-state index < -0.39 is 33.9 Å². The van der Waals surface area contributed by atoms with Gasteiger partial charge in [-0.1, -0.05) is 0 Å². The van der Waals surface area contributed by atoms with Crippen LogP contribution in [0.25, 0.3) is 10.1 Å². The summed E-state index contributed by atoms with van der Waals surface area (Å²) in [5, 5.41) is 0.277. The molecule has 0 fully saturated rings. The van der Waals surface area contributed by atoms with Gasteiger partial charge < -0.3 is 19.5 Å². The van der Waals surface area contributed by atoms with E-state index in [1.165, 1.54) is 32.9 Å². The van der Waals surface area contributed by atoms with Crippen LogP contribution in [-0.4, -0.2) is 46.2 Å². The third-order valence-electron chi connectivity index (χ3n) is 4.42. The van der Waals surface area contributed by atoms with E-state index in [9.17, 15) is 17.8 Å². The van der Waals surface area contributed by atoms with Crippen molar-refractivity contribution < 1.29 is 40.3 Å².